The number of hydrogen-bond acceptors (Lipinski definition) is 0. The molecule has 6 aromatic carbocycles. The van der Waals surface area contributed by atoms with Crippen LogP contribution in [0.15, 0.2) is 219 Å². The average Bonchev–Trinajstić information content (AvgIpc) is 0.843. The minimum absolute atomic E-state index is 0.353. The Balaban J connectivity index is 0.000000167. The zero-order chi connectivity index (χ0) is 72.7. The highest BCUT2D eigenvalue weighted by Crippen LogP contribution is 2.30. The van der Waals surface area contributed by atoms with Gasteiger partial charge in [-0.3, -0.25) is 0 Å². The first-order valence-corrected chi connectivity index (χ1v) is 33.5. The van der Waals surface area contributed by atoms with Gasteiger partial charge in [-0.15, -0.1) is 0 Å². The SMILES string of the molecule is Cc1ccc(C)c(-c2c(C)ccc[n+]2C)c1.Cc1ccc(C)c(-c2c(C)ccc[n+]2C)c1.Cc1cccc(-c2cccc(C)[n+]2C)c1C.Cc1cccc(C)c1-c1c(C)ccc[n+]1C.Cc1cccc(C)c1-c1c(C)ccc[n+]1C.[2H]C([2H])([2H])c1cccc(-c2cccc(C)c2C)[n+]1C. The lowest BCUT2D eigenvalue weighted by Gasteiger charge is -2.09. The topological polar surface area (TPSA) is 23.3 Å². The van der Waals surface area contributed by atoms with Crippen LogP contribution in [-0.4, -0.2) is 0 Å². The predicted octanol–water partition coefficient (Wildman–Crippen LogP) is 18.6. The van der Waals surface area contributed by atoms with Crippen LogP contribution in [0.3, 0.4) is 0 Å². The molecule has 0 saturated heterocycles. The summed E-state index contributed by atoms with van der Waals surface area (Å²) in [5.74, 6) is 0. The molecule has 0 bridgehead atoms. The predicted molar refractivity (Wildman–Crippen MR) is 404 cm³/mol. The van der Waals surface area contributed by atoms with Gasteiger partial charge in [-0.2, -0.15) is 9.13 Å². The van der Waals surface area contributed by atoms with Gasteiger partial charge in [0.15, 0.2) is 36.2 Å². The van der Waals surface area contributed by atoms with E-state index in [1.807, 2.05) is 18.2 Å². The summed E-state index contributed by atoms with van der Waals surface area (Å²) < 4.78 is 35.5. The van der Waals surface area contributed by atoms with Gasteiger partial charge in [0.2, 0.25) is 34.2 Å². The van der Waals surface area contributed by atoms with E-state index in [1.54, 1.807) is 23.7 Å². The van der Waals surface area contributed by atoms with Gasteiger partial charge in [-0.1, -0.05) is 96.1 Å². The summed E-state index contributed by atoms with van der Waals surface area (Å²) in [6.45, 7) is 34.5. The molecule has 0 N–H and O–H groups in total. The second-order valence-electron chi connectivity index (χ2n) is 26.2. The standard InChI is InChI=1S/6C15H18N/c2*1-11-7-5-9-14(13(11)3)15-10-6-8-12(2)16(15)4;2*1-11-7-5-8-12(2)14(11)15-13(3)9-6-10-16(15)4;2*1-11-7-8-12(2)14(10-11)15-13(3)6-5-9-16(15)4/h6*5-10H,1-4H3/q6*+1/i2D3;;;;;. The summed E-state index contributed by atoms with van der Waals surface area (Å²) >= 11 is 0. The van der Waals surface area contributed by atoms with E-state index in [0.717, 1.165) is 11.3 Å². The minimum atomic E-state index is -2.09. The van der Waals surface area contributed by atoms with Crippen LogP contribution in [0.1, 0.15) is 105 Å². The molecule has 0 unspecified atom stereocenters. The van der Waals surface area contributed by atoms with Crippen LogP contribution >= 0.6 is 0 Å². The number of pyridine rings is 6. The van der Waals surface area contributed by atoms with Gasteiger partial charge >= 0.3 is 0 Å². The van der Waals surface area contributed by atoms with Crippen molar-refractivity contribution in [2.45, 2.75) is 125 Å². The Bertz CT molecular complexity index is 4360. The van der Waals surface area contributed by atoms with Crippen molar-refractivity contribution in [3.63, 3.8) is 0 Å². The van der Waals surface area contributed by atoms with E-state index in [1.165, 1.54) is 151 Å². The molecule has 6 nitrogen and oxygen atoms in total. The van der Waals surface area contributed by atoms with Crippen LogP contribution in [0.4, 0.5) is 0 Å². The number of nitrogens with zero attached hydrogens (tertiary/aromatic N) is 6. The molecular formula is C90H108N6+6. The molecule has 0 amide bonds. The first-order chi connectivity index (χ1) is 46.8. The fourth-order valence-corrected chi connectivity index (χ4v) is 12.8. The van der Waals surface area contributed by atoms with Crippen molar-refractivity contribution >= 4 is 0 Å². The molecule has 12 aromatic rings. The summed E-state index contributed by atoms with van der Waals surface area (Å²) in [5, 5.41) is 0. The van der Waals surface area contributed by atoms with Crippen molar-refractivity contribution in [2.24, 2.45) is 42.3 Å². The highest BCUT2D eigenvalue weighted by Gasteiger charge is 2.21. The van der Waals surface area contributed by atoms with Gasteiger partial charge < -0.3 is 0 Å². The first-order valence-electron chi connectivity index (χ1n) is 35.0. The molecule has 0 spiro atoms. The van der Waals surface area contributed by atoms with Crippen molar-refractivity contribution in [2.75, 3.05) is 0 Å². The second kappa shape index (κ2) is 33.6. The normalized spacial score (nSPS) is 11.1. The average molecular weight is 1280 g/mol. The van der Waals surface area contributed by atoms with Crippen LogP contribution in [0.2, 0.25) is 0 Å². The number of rotatable bonds is 6. The van der Waals surface area contributed by atoms with Crippen molar-refractivity contribution in [3.8, 4) is 67.5 Å². The summed E-state index contributed by atoms with van der Waals surface area (Å²) in [5.41, 5.74) is 37.9. The maximum atomic E-state index is 7.58. The minimum Gasteiger partial charge on any atom is -0.201 e. The molecule has 0 atom stereocenters. The van der Waals surface area contributed by atoms with E-state index in [-0.39, 0.29) is 0 Å². The van der Waals surface area contributed by atoms with Gasteiger partial charge in [0.1, 0.15) is 42.3 Å². The Morgan fingerprint density at radius 3 is 0.854 bits per heavy atom. The maximum Gasteiger partial charge on any atom is 0.215 e. The molecule has 0 saturated carbocycles. The first kappa shape index (κ1) is 69.1. The Kier molecular flexibility index (Phi) is 24.1. The van der Waals surface area contributed by atoms with E-state index in [4.69, 9.17) is 4.11 Å². The van der Waals surface area contributed by atoms with E-state index in [0.29, 0.717) is 5.69 Å². The maximum absolute atomic E-state index is 7.58. The summed E-state index contributed by atoms with van der Waals surface area (Å²) in [4.78, 5) is 0. The Labute approximate surface area is 582 Å². The summed E-state index contributed by atoms with van der Waals surface area (Å²) in [6.07, 6.45) is 8.41. The van der Waals surface area contributed by atoms with E-state index in [2.05, 4.69) is 364 Å². The lowest BCUT2D eigenvalue weighted by atomic mass is 9.97. The summed E-state index contributed by atoms with van der Waals surface area (Å²) in [6, 6.07) is 67.6. The monoisotopic (exact) mass is 1280 g/mol. The highest BCUT2D eigenvalue weighted by molar-refractivity contribution is 5.70. The Morgan fingerprint density at radius 1 is 0.240 bits per heavy atom. The van der Waals surface area contributed by atoms with Gasteiger partial charge in [0.05, 0.1) is 11.1 Å². The molecule has 12 rings (SSSR count). The number of aromatic nitrogens is 6. The molecule has 0 aliphatic heterocycles. The molecular weight excluding hydrogens is 1170 g/mol. The zero-order valence-electron chi connectivity index (χ0n) is 65.0. The van der Waals surface area contributed by atoms with E-state index in [9.17, 15) is 0 Å². The second-order valence-corrected chi connectivity index (χ2v) is 26.2. The molecule has 6 aromatic heterocycles. The lowest BCUT2D eigenvalue weighted by Crippen LogP contribution is -2.34. The van der Waals surface area contributed by atoms with Gasteiger partial charge in [-0.05, 0) is 227 Å². The third kappa shape index (κ3) is 18.0. The molecule has 0 aliphatic rings. The molecule has 0 aliphatic carbocycles. The van der Waals surface area contributed by atoms with Crippen LogP contribution in [0.25, 0.3) is 67.5 Å². The van der Waals surface area contributed by atoms with Gasteiger partial charge in [-0.25, -0.2) is 18.3 Å². The number of hydrogen-bond donors (Lipinski definition) is 0. The van der Waals surface area contributed by atoms with Crippen molar-refractivity contribution in [1.29, 1.82) is 0 Å². The molecule has 6 heterocycles. The van der Waals surface area contributed by atoms with Gasteiger partial charge in [0, 0.05) is 111 Å². The zero-order valence-corrected chi connectivity index (χ0v) is 62.0. The van der Waals surface area contributed by atoms with E-state index >= 15 is 0 Å². The highest BCUT2D eigenvalue weighted by atomic mass is 15.0. The fraction of sp³-hybridized carbons (Fsp3) is 0.267. The van der Waals surface area contributed by atoms with Crippen LogP contribution in [-0.2, 0) is 42.3 Å². The molecule has 6 heteroatoms. The van der Waals surface area contributed by atoms with Gasteiger partial charge in [0.25, 0.3) is 0 Å². The van der Waals surface area contributed by atoms with Crippen molar-refractivity contribution in [3.05, 3.63) is 319 Å². The van der Waals surface area contributed by atoms with Crippen LogP contribution < -0.4 is 27.4 Å². The van der Waals surface area contributed by atoms with Crippen LogP contribution in [0.5, 0.6) is 0 Å². The molecule has 492 valence electrons. The van der Waals surface area contributed by atoms with Crippen molar-refractivity contribution < 1.29 is 31.5 Å². The third-order valence-corrected chi connectivity index (χ3v) is 18.7. The largest absolute Gasteiger partial charge is 0.215 e. The molecule has 0 radical (unpaired) electrons. The number of benzene rings is 6. The van der Waals surface area contributed by atoms with E-state index < -0.39 is 6.85 Å². The third-order valence-electron chi connectivity index (χ3n) is 18.7. The fourth-order valence-electron chi connectivity index (χ4n) is 12.8. The Morgan fingerprint density at radius 2 is 0.521 bits per heavy atom. The lowest BCUT2D eigenvalue weighted by molar-refractivity contribution is -0.666. The Hall–Kier alpha value is -9.78. The molecule has 96 heavy (non-hydrogen) atoms. The quantitative estimate of drug-likeness (QED) is 0.148. The smallest absolute Gasteiger partial charge is 0.201 e. The summed E-state index contributed by atoms with van der Waals surface area (Å²) in [7, 11) is 12.3. The molecule has 0 fully saturated rings. The number of aryl methyl sites for hydroxylation is 20. The van der Waals surface area contributed by atoms with Crippen LogP contribution in [0, 0.1) is 125 Å². The van der Waals surface area contributed by atoms with Crippen molar-refractivity contribution in [1.82, 2.24) is 0 Å².